The van der Waals surface area contributed by atoms with Crippen LogP contribution in [0, 0.1) is 6.92 Å². The minimum absolute atomic E-state index is 0.301. The smallest absolute Gasteiger partial charge is 0.325 e. The zero-order valence-electron chi connectivity index (χ0n) is 19.4. The van der Waals surface area contributed by atoms with E-state index < -0.39 is 17.5 Å². The molecule has 1 N–H and O–H groups in total. The molecule has 0 bridgehead atoms. The topological polar surface area (TPSA) is 88.2 Å². The van der Waals surface area contributed by atoms with Gasteiger partial charge in [-0.15, -0.1) is 11.3 Å². The van der Waals surface area contributed by atoms with E-state index in [0.717, 1.165) is 15.3 Å². The van der Waals surface area contributed by atoms with Crippen molar-refractivity contribution in [2.24, 2.45) is 0 Å². The highest BCUT2D eigenvalue weighted by Gasteiger charge is 2.49. The maximum absolute atomic E-state index is 13.6. The summed E-state index contributed by atoms with van der Waals surface area (Å²) in [5.41, 5.74) is 1.07. The number of nitrogens with zero attached hydrogens (tertiary/aromatic N) is 2. The van der Waals surface area contributed by atoms with Crippen LogP contribution in [0.15, 0.2) is 60.0 Å². The van der Waals surface area contributed by atoms with Gasteiger partial charge in [-0.25, -0.2) is 4.79 Å². The maximum atomic E-state index is 13.6. The summed E-state index contributed by atoms with van der Waals surface area (Å²) < 4.78 is 11.3. The van der Waals surface area contributed by atoms with Gasteiger partial charge in [-0.1, -0.05) is 35.9 Å². The van der Waals surface area contributed by atoms with Crippen LogP contribution in [0.25, 0.3) is 0 Å². The van der Waals surface area contributed by atoms with Gasteiger partial charge in [-0.2, -0.15) is 0 Å². The number of rotatable bonds is 6. The second kappa shape index (κ2) is 9.07. The summed E-state index contributed by atoms with van der Waals surface area (Å²) in [5.74, 6) is 0.329. The van der Waals surface area contributed by atoms with E-state index in [9.17, 15) is 14.4 Å². The van der Waals surface area contributed by atoms with Crippen molar-refractivity contribution in [3.63, 3.8) is 0 Å². The summed E-state index contributed by atoms with van der Waals surface area (Å²) in [6.07, 6.45) is 0. The molecule has 0 saturated carbocycles. The molecule has 0 spiro atoms. The second-order valence-electron chi connectivity index (χ2n) is 8.70. The molecule has 180 valence electrons. The van der Waals surface area contributed by atoms with Crippen molar-refractivity contribution in [2.75, 3.05) is 24.7 Å². The number of thiophene rings is 1. The Bertz CT molecular complexity index is 1270. The van der Waals surface area contributed by atoms with E-state index >= 15 is 0 Å². The molecule has 0 aliphatic carbocycles. The monoisotopic (exact) mass is 491 g/mol. The van der Waals surface area contributed by atoms with Crippen LogP contribution < -0.4 is 19.7 Å². The first kappa shape index (κ1) is 22.9. The van der Waals surface area contributed by atoms with Crippen molar-refractivity contribution < 1.29 is 23.9 Å². The van der Waals surface area contributed by atoms with Crippen molar-refractivity contribution in [2.45, 2.75) is 25.9 Å². The summed E-state index contributed by atoms with van der Waals surface area (Å²) in [4.78, 5) is 43.3. The molecule has 9 heteroatoms. The fourth-order valence-corrected chi connectivity index (χ4v) is 4.92. The van der Waals surface area contributed by atoms with E-state index in [1.165, 1.54) is 11.3 Å². The largest absolute Gasteiger partial charge is 0.486 e. The predicted molar refractivity (Wildman–Crippen MR) is 132 cm³/mol. The van der Waals surface area contributed by atoms with Crippen LogP contribution in [0.2, 0.25) is 0 Å². The highest BCUT2D eigenvalue weighted by atomic mass is 32.1. The van der Waals surface area contributed by atoms with Gasteiger partial charge in [-0.05, 0) is 43.0 Å². The summed E-state index contributed by atoms with van der Waals surface area (Å²) in [6, 6.07) is 16.0. The number of aryl methyl sites for hydroxylation is 1. The molecule has 1 atom stereocenters. The molecule has 2 aliphatic heterocycles. The third-order valence-corrected chi connectivity index (χ3v) is 7.09. The van der Waals surface area contributed by atoms with E-state index in [4.69, 9.17) is 9.47 Å². The molecule has 1 aromatic heterocycles. The Morgan fingerprint density at radius 3 is 2.54 bits per heavy atom. The summed E-state index contributed by atoms with van der Waals surface area (Å²) in [7, 11) is 0. The van der Waals surface area contributed by atoms with Crippen molar-refractivity contribution in [3.8, 4) is 11.5 Å². The number of hydrogen-bond acceptors (Lipinski definition) is 6. The Labute approximate surface area is 207 Å². The molecule has 8 nitrogen and oxygen atoms in total. The zero-order chi connectivity index (χ0) is 24.6. The van der Waals surface area contributed by atoms with E-state index in [-0.39, 0.29) is 12.5 Å². The molecule has 0 unspecified atom stereocenters. The van der Waals surface area contributed by atoms with Crippen LogP contribution in [0.5, 0.6) is 11.5 Å². The SMILES string of the molecule is Cc1ccc([C@]2(C)NC(=O)N(CC(=O)N(Cc3cccs3)c3ccc4c(c3)OCCO4)C2=O)cc1. The van der Waals surface area contributed by atoms with Gasteiger partial charge in [0.05, 0.1) is 6.54 Å². The van der Waals surface area contributed by atoms with Crippen molar-refractivity contribution in [1.29, 1.82) is 0 Å². The number of fused-ring (bicyclic) bond motifs is 1. The number of nitrogens with one attached hydrogen (secondary N) is 1. The average Bonchev–Trinajstić information content (AvgIpc) is 3.45. The van der Waals surface area contributed by atoms with Gasteiger partial charge in [0.2, 0.25) is 5.91 Å². The van der Waals surface area contributed by atoms with Gasteiger partial charge >= 0.3 is 6.03 Å². The molecular weight excluding hydrogens is 466 g/mol. The number of hydrogen-bond donors (Lipinski definition) is 1. The van der Waals surface area contributed by atoms with Crippen molar-refractivity contribution in [1.82, 2.24) is 10.2 Å². The first-order valence-electron chi connectivity index (χ1n) is 11.3. The van der Waals surface area contributed by atoms with Gasteiger partial charge in [0.25, 0.3) is 5.91 Å². The Hall–Kier alpha value is -3.85. The Kier molecular flexibility index (Phi) is 5.94. The van der Waals surface area contributed by atoms with E-state index in [2.05, 4.69) is 5.32 Å². The Morgan fingerprint density at radius 1 is 1.09 bits per heavy atom. The normalized spacial score (nSPS) is 19.0. The fourth-order valence-electron chi connectivity index (χ4n) is 4.23. The molecule has 3 heterocycles. The average molecular weight is 492 g/mol. The van der Waals surface area contributed by atoms with Gasteiger partial charge in [0.1, 0.15) is 25.3 Å². The maximum Gasteiger partial charge on any atom is 0.325 e. The van der Waals surface area contributed by atoms with Crippen molar-refractivity contribution in [3.05, 3.63) is 76.0 Å². The lowest BCUT2D eigenvalue weighted by Gasteiger charge is -2.27. The highest BCUT2D eigenvalue weighted by Crippen LogP contribution is 2.35. The number of ether oxygens (including phenoxy) is 2. The van der Waals surface area contributed by atoms with E-state index in [0.29, 0.717) is 42.5 Å². The van der Waals surface area contributed by atoms with Gasteiger partial charge in [-0.3, -0.25) is 14.5 Å². The lowest BCUT2D eigenvalue weighted by Crippen LogP contribution is -2.44. The highest BCUT2D eigenvalue weighted by molar-refractivity contribution is 7.09. The molecular formula is C26H25N3O5S. The summed E-state index contributed by atoms with van der Waals surface area (Å²) in [5, 5.41) is 4.71. The third kappa shape index (κ3) is 4.35. The van der Waals surface area contributed by atoms with Crippen LogP contribution in [0.4, 0.5) is 10.5 Å². The molecule has 4 amide bonds. The minimum Gasteiger partial charge on any atom is -0.486 e. The molecule has 5 rings (SSSR count). The van der Waals surface area contributed by atoms with Gasteiger partial charge in [0.15, 0.2) is 11.5 Å². The zero-order valence-corrected chi connectivity index (χ0v) is 20.3. The number of anilines is 1. The fraction of sp³-hybridized carbons (Fsp3) is 0.269. The Morgan fingerprint density at radius 2 is 1.83 bits per heavy atom. The summed E-state index contributed by atoms with van der Waals surface area (Å²) >= 11 is 1.52. The summed E-state index contributed by atoms with van der Waals surface area (Å²) in [6.45, 7) is 4.42. The molecule has 2 aromatic carbocycles. The molecule has 35 heavy (non-hydrogen) atoms. The molecule has 1 fully saturated rings. The molecule has 1 saturated heterocycles. The van der Waals surface area contributed by atoms with Gasteiger partial charge in [0, 0.05) is 16.6 Å². The van der Waals surface area contributed by atoms with Crippen LogP contribution in [0.1, 0.15) is 22.9 Å². The number of carbonyl (C=O) groups excluding carboxylic acids is 3. The first-order chi connectivity index (χ1) is 16.8. The van der Waals surface area contributed by atoms with Crippen LogP contribution in [0.3, 0.4) is 0 Å². The minimum atomic E-state index is -1.24. The number of carbonyl (C=O) groups is 3. The number of imide groups is 1. The molecule has 0 radical (unpaired) electrons. The first-order valence-corrected chi connectivity index (χ1v) is 12.2. The number of amides is 4. The molecule has 2 aliphatic rings. The number of urea groups is 1. The van der Waals surface area contributed by atoms with E-state index in [1.54, 1.807) is 30.0 Å². The Balaban J connectivity index is 1.41. The lowest BCUT2D eigenvalue weighted by atomic mass is 9.91. The van der Waals surface area contributed by atoms with Crippen LogP contribution in [-0.2, 0) is 21.7 Å². The quantitative estimate of drug-likeness (QED) is 0.530. The van der Waals surface area contributed by atoms with Crippen molar-refractivity contribution >= 4 is 34.9 Å². The van der Waals surface area contributed by atoms with Gasteiger partial charge < -0.3 is 19.7 Å². The van der Waals surface area contributed by atoms with Crippen LogP contribution >= 0.6 is 11.3 Å². The second-order valence-corrected chi connectivity index (χ2v) is 9.73. The number of benzene rings is 2. The standard InChI is InChI=1S/C26H25N3O5S/c1-17-5-7-18(8-6-17)26(2)24(31)29(25(32)27-26)16-23(30)28(15-20-4-3-13-35-20)19-9-10-21-22(14-19)34-12-11-33-21/h3-10,13-14H,11-12,15-16H2,1-2H3,(H,27,32)/t26-/m0/s1. The van der Waals surface area contributed by atoms with E-state index in [1.807, 2.05) is 48.7 Å². The predicted octanol–water partition coefficient (Wildman–Crippen LogP) is 3.83. The molecule has 3 aromatic rings. The van der Waals surface area contributed by atoms with Crippen LogP contribution in [-0.4, -0.2) is 42.5 Å². The third-order valence-electron chi connectivity index (χ3n) is 6.23. The lowest BCUT2D eigenvalue weighted by molar-refractivity contribution is -0.134.